The predicted octanol–water partition coefficient (Wildman–Crippen LogP) is 5.15. The number of hydrogen-bond donors (Lipinski definition) is 2. The lowest BCUT2D eigenvalue weighted by Crippen LogP contribution is -2.52. The van der Waals surface area contributed by atoms with Crippen molar-refractivity contribution in [2.45, 2.75) is 50.7 Å². The Balaban J connectivity index is 1.57. The fraction of sp³-hybridized carbons (Fsp3) is 0.429. The van der Waals surface area contributed by atoms with Gasteiger partial charge in [-0.25, -0.2) is 0 Å². The number of nitrogens with two attached hydrogens (primary N) is 1. The summed E-state index contributed by atoms with van der Waals surface area (Å²) in [6, 6.07) is 12.4. The first-order chi connectivity index (χ1) is 17.8. The van der Waals surface area contributed by atoms with Crippen molar-refractivity contribution in [1.29, 1.82) is 0 Å². The number of primary amides is 1. The maximum Gasteiger partial charge on any atom is 0.241 e. The summed E-state index contributed by atoms with van der Waals surface area (Å²) in [5.74, 6) is -0.435. The molecule has 2 aromatic rings. The van der Waals surface area contributed by atoms with Gasteiger partial charge < -0.3 is 20.9 Å². The van der Waals surface area contributed by atoms with Gasteiger partial charge in [0.1, 0.15) is 0 Å². The summed E-state index contributed by atoms with van der Waals surface area (Å²) in [6.07, 6.45) is 6.29. The Morgan fingerprint density at radius 3 is 2.30 bits per heavy atom. The van der Waals surface area contributed by atoms with Crippen LogP contribution in [-0.4, -0.2) is 59.9 Å². The Morgan fingerprint density at radius 1 is 0.973 bits per heavy atom. The number of carbonyl (C=O) groups excluding carboxylic acids is 2. The van der Waals surface area contributed by atoms with E-state index < -0.39 is 5.91 Å². The van der Waals surface area contributed by atoms with E-state index in [0.29, 0.717) is 41.1 Å². The Kier molecular flexibility index (Phi) is 9.90. The smallest absolute Gasteiger partial charge is 0.241 e. The molecule has 0 radical (unpaired) electrons. The molecule has 4 rings (SSSR count). The first-order valence-electron chi connectivity index (χ1n) is 12.7. The molecule has 37 heavy (non-hydrogen) atoms. The molecule has 2 atom stereocenters. The van der Waals surface area contributed by atoms with Gasteiger partial charge in [-0.1, -0.05) is 53.4 Å². The molecular formula is C28H33Cl3N4O2. The largest absolute Gasteiger partial charge is 0.366 e. The Morgan fingerprint density at radius 2 is 1.65 bits per heavy atom. The minimum Gasteiger partial charge on any atom is -0.366 e. The van der Waals surface area contributed by atoms with Gasteiger partial charge in [0.2, 0.25) is 11.8 Å². The molecule has 0 unspecified atom stereocenters. The third-order valence-electron chi connectivity index (χ3n) is 6.98. The van der Waals surface area contributed by atoms with Crippen LogP contribution in [0, 0.1) is 0 Å². The van der Waals surface area contributed by atoms with Crippen molar-refractivity contribution < 1.29 is 9.59 Å². The average molecular weight is 564 g/mol. The fourth-order valence-corrected chi connectivity index (χ4v) is 5.91. The van der Waals surface area contributed by atoms with E-state index in [1.807, 2.05) is 29.2 Å². The van der Waals surface area contributed by atoms with Crippen LogP contribution in [0.2, 0.25) is 15.1 Å². The van der Waals surface area contributed by atoms with Gasteiger partial charge in [0, 0.05) is 46.8 Å². The lowest BCUT2D eigenvalue weighted by molar-refractivity contribution is -0.133. The van der Waals surface area contributed by atoms with Crippen LogP contribution in [-0.2, 0) is 16.1 Å². The Bertz CT molecular complexity index is 1110. The van der Waals surface area contributed by atoms with Crippen molar-refractivity contribution >= 4 is 52.2 Å². The van der Waals surface area contributed by atoms with Gasteiger partial charge in [-0.3, -0.25) is 9.59 Å². The normalized spacial score (nSPS) is 21.6. The van der Waals surface area contributed by atoms with Gasteiger partial charge in [0.15, 0.2) is 0 Å². The summed E-state index contributed by atoms with van der Waals surface area (Å²) in [6.45, 7) is 3.65. The van der Waals surface area contributed by atoms with Crippen molar-refractivity contribution in [3.8, 4) is 0 Å². The molecule has 0 aromatic heterocycles. The number of nitrogens with one attached hydrogen (secondary N) is 1. The predicted molar refractivity (Wildman–Crippen MR) is 151 cm³/mol. The van der Waals surface area contributed by atoms with E-state index >= 15 is 0 Å². The zero-order chi connectivity index (χ0) is 26.4. The third-order valence-corrected chi connectivity index (χ3v) is 7.67. The van der Waals surface area contributed by atoms with E-state index in [2.05, 4.69) is 10.2 Å². The summed E-state index contributed by atoms with van der Waals surface area (Å²) in [5.41, 5.74) is 8.16. The van der Waals surface area contributed by atoms with Crippen LogP contribution in [0.25, 0.3) is 5.57 Å². The summed E-state index contributed by atoms with van der Waals surface area (Å²) in [5, 5.41) is 5.36. The highest BCUT2D eigenvalue weighted by Crippen LogP contribution is 2.26. The number of amides is 2. The highest BCUT2D eigenvalue weighted by molar-refractivity contribution is 6.34. The van der Waals surface area contributed by atoms with Crippen LogP contribution in [0.3, 0.4) is 0 Å². The van der Waals surface area contributed by atoms with E-state index in [-0.39, 0.29) is 18.0 Å². The summed E-state index contributed by atoms with van der Waals surface area (Å²) < 4.78 is 0. The lowest BCUT2D eigenvalue weighted by atomic mass is 9.96. The molecule has 0 spiro atoms. The highest BCUT2D eigenvalue weighted by Gasteiger charge is 2.33. The quantitative estimate of drug-likeness (QED) is 0.436. The summed E-state index contributed by atoms with van der Waals surface area (Å²) in [7, 11) is 0. The van der Waals surface area contributed by atoms with E-state index in [9.17, 15) is 9.59 Å². The van der Waals surface area contributed by atoms with E-state index in [0.717, 1.165) is 49.1 Å². The second-order valence-electron chi connectivity index (χ2n) is 9.89. The van der Waals surface area contributed by atoms with Crippen molar-refractivity contribution in [3.05, 3.63) is 74.7 Å². The monoisotopic (exact) mass is 562 g/mol. The first-order valence-corrected chi connectivity index (χ1v) is 13.9. The number of carbonyl (C=O) groups is 2. The molecule has 0 bridgehead atoms. The average Bonchev–Trinajstić information content (AvgIpc) is 2.98. The number of hydrogen-bond acceptors (Lipinski definition) is 4. The van der Waals surface area contributed by atoms with Gasteiger partial charge in [-0.15, -0.1) is 0 Å². The second-order valence-corrected chi connectivity index (χ2v) is 11.2. The molecule has 3 N–H and O–H groups in total. The molecule has 198 valence electrons. The zero-order valence-electron chi connectivity index (χ0n) is 20.8. The van der Waals surface area contributed by atoms with Crippen LogP contribution in [0.15, 0.2) is 48.5 Å². The molecule has 6 nitrogen and oxygen atoms in total. The van der Waals surface area contributed by atoms with Crippen LogP contribution in [0.5, 0.6) is 0 Å². The van der Waals surface area contributed by atoms with E-state index in [1.54, 1.807) is 18.2 Å². The standard InChI is InChI=1S/C28H33Cl3N4O2/c29-22-6-4-20(5-7-22)21(15-27(32)36)14-25-8-11-35(17-19-12-23(30)16-24(31)13-19)28(37)26(33-25)18-34-9-2-1-3-10-34/h4-7,12-13,15-16,25-26,33H,1-3,8-11,14,17-18H2,(H2,32,36)/t25-,26+/m1/s1. The maximum absolute atomic E-state index is 13.8. The highest BCUT2D eigenvalue weighted by atomic mass is 35.5. The second kappa shape index (κ2) is 13.1. The zero-order valence-corrected chi connectivity index (χ0v) is 23.0. The van der Waals surface area contributed by atoms with Gasteiger partial charge in [-0.2, -0.15) is 0 Å². The first kappa shape index (κ1) is 27.9. The number of piperidine rings is 1. The summed E-state index contributed by atoms with van der Waals surface area (Å²) in [4.78, 5) is 29.9. The summed E-state index contributed by atoms with van der Waals surface area (Å²) >= 11 is 18.5. The van der Waals surface area contributed by atoms with Crippen molar-refractivity contribution in [1.82, 2.24) is 15.1 Å². The molecule has 2 saturated heterocycles. The molecule has 2 heterocycles. The van der Waals surface area contributed by atoms with Crippen LogP contribution >= 0.6 is 34.8 Å². The number of benzene rings is 2. The van der Waals surface area contributed by atoms with Crippen LogP contribution in [0.1, 0.15) is 43.2 Å². The molecule has 2 aliphatic heterocycles. The molecule has 2 amide bonds. The Labute approximate surface area is 233 Å². The third kappa shape index (κ3) is 8.20. The number of rotatable bonds is 8. The van der Waals surface area contributed by atoms with E-state index in [4.69, 9.17) is 40.5 Å². The minimum atomic E-state index is -0.501. The number of halogens is 3. The van der Waals surface area contributed by atoms with E-state index in [1.165, 1.54) is 12.5 Å². The Hall–Kier alpha value is -2.09. The maximum atomic E-state index is 13.8. The number of likely N-dealkylation sites (tertiary alicyclic amines) is 1. The molecule has 2 fully saturated rings. The SMILES string of the molecule is NC(=O)C=C(C[C@H]1CCN(Cc2cc(Cl)cc(Cl)c2)C(=O)[C@H](CN2CCCCC2)N1)c1ccc(Cl)cc1. The molecule has 9 heteroatoms. The van der Waals surface area contributed by atoms with Crippen molar-refractivity contribution in [2.75, 3.05) is 26.2 Å². The van der Waals surface area contributed by atoms with Gasteiger partial charge >= 0.3 is 0 Å². The number of nitrogens with zero attached hydrogens (tertiary/aromatic N) is 2. The van der Waals surface area contributed by atoms with Crippen molar-refractivity contribution in [3.63, 3.8) is 0 Å². The molecule has 0 aliphatic carbocycles. The van der Waals surface area contributed by atoms with Crippen LogP contribution < -0.4 is 11.1 Å². The minimum absolute atomic E-state index is 0.0204. The fourth-order valence-electron chi connectivity index (χ4n) is 5.21. The molecule has 2 aromatic carbocycles. The van der Waals surface area contributed by atoms with Gasteiger partial charge in [0.25, 0.3) is 0 Å². The molecule has 2 aliphatic rings. The van der Waals surface area contributed by atoms with Crippen LogP contribution in [0.4, 0.5) is 0 Å². The van der Waals surface area contributed by atoms with Crippen molar-refractivity contribution in [2.24, 2.45) is 5.73 Å². The van der Waals surface area contributed by atoms with Gasteiger partial charge in [-0.05, 0) is 85.8 Å². The topological polar surface area (TPSA) is 78.7 Å². The molecule has 0 saturated carbocycles. The lowest BCUT2D eigenvalue weighted by Gasteiger charge is -2.32. The molecular weight excluding hydrogens is 531 g/mol. The van der Waals surface area contributed by atoms with Gasteiger partial charge in [0.05, 0.1) is 6.04 Å².